The third-order valence-electron chi connectivity index (χ3n) is 12.4. The Morgan fingerprint density at radius 3 is 2.39 bits per heavy atom. The molecule has 1 saturated heterocycles. The monoisotopic (exact) mass is 774 g/mol. The van der Waals surface area contributed by atoms with Gasteiger partial charge in [0.05, 0.1) is 29.8 Å². The first kappa shape index (κ1) is 41.3. The van der Waals surface area contributed by atoms with Crippen LogP contribution in [0.4, 0.5) is 0 Å². The van der Waals surface area contributed by atoms with Crippen molar-refractivity contribution in [1.29, 1.82) is 0 Å². The minimum Gasteiger partial charge on any atom is -0.465 e. The first-order valence-electron chi connectivity index (χ1n) is 20.5. The Kier molecular flexibility index (Phi) is 12.6. The van der Waals surface area contributed by atoms with Crippen LogP contribution in [0.15, 0.2) is 29.5 Å². The number of hydrogen-bond acceptors (Lipinski definition) is 7. The predicted molar refractivity (Wildman–Crippen MR) is 226 cm³/mol. The molecule has 1 fully saturated rings. The van der Waals surface area contributed by atoms with E-state index in [2.05, 4.69) is 60.6 Å². The number of methoxy groups -OCH3 is 1. The summed E-state index contributed by atoms with van der Waals surface area (Å²) in [6.45, 7) is 18.9. The molecule has 302 valence electrons. The maximum atomic E-state index is 14.3. The van der Waals surface area contributed by atoms with Crippen molar-refractivity contribution < 1.29 is 28.7 Å². The smallest absolute Gasteiger partial charge is 0.342 e. The topological polar surface area (TPSA) is 146 Å². The van der Waals surface area contributed by atoms with E-state index >= 15 is 0 Å². The average Bonchev–Trinajstić information content (AvgIpc) is 3.94. The van der Waals surface area contributed by atoms with Crippen LogP contribution in [0.1, 0.15) is 145 Å². The molecule has 3 aromatic heterocycles. The molecule has 6 rings (SSSR count). The molecule has 0 saturated carbocycles. The molecule has 10 nitrogen and oxygen atoms in total. The Balaban J connectivity index is 1.41. The maximum absolute atomic E-state index is 14.3. The van der Waals surface area contributed by atoms with Gasteiger partial charge in [0, 0.05) is 57.2 Å². The molecule has 0 aromatic carbocycles. The van der Waals surface area contributed by atoms with Gasteiger partial charge in [-0.15, -0.1) is 0 Å². The number of allylic oxidation sites excluding steroid dienone is 2. The third kappa shape index (κ3) is 7.96. The van der Waals surface area contributed by atoms with Gasteiger partial charge in [0.15, 0.2) is 6.29 Å². The second-order valence-electron chi connectivity index (χ2n) is 16.1. The zero-order valence-electron chi connectivity index (χ0n) is 34.8. The van der Waals surface area contributed by atoms with Crippen molar-refractivity contribution >= 4 is 53.9 Å². The zero-order chi connectivity index (χ0) is 41.1. The molecule has 1 unspecified atom stereocenters. The van der Waals surface area contributed by atoms with Crippen LogP contribution in [0.5, 0.6) is 0 Å². The van der Waals surface area contributed by atoms with Crippen molar-refractivity contribution in [3.8, 4) is 0 Å². The summed E-state index contributed by atoms with van der Waals surface area (Å²) in [6, 6.07) is -0.514. The lowest BCUT2D eigenvalue weighted by Crippen LogP contribution is -2.31. The second-order valence-corrected chi connectivity index (χ2v) is 16.1. The zero-order valence-corrected chi connectivity index (χ0v) is 34.8. The van der Waals surface area contributed by atoms with Gasteiger partial charge >= 0.3 is 11.9 Å². The van der Waals surface area contributed by atoms with E-state index in [1.165, 1.54) is 31.9 Å². The number of aldehydes is 1. The van der Waals surface area contributed by atoms with Crippen molar-refractivity contribution in [2.24, 2.45) is 17.8 Å². The lowest BCUT2D eigenvalue weighted by atomic mass is 9.82. The van der Waals surface area contributed by atoms with E-state index in [-0.39, 0.29) is 36.4 Å². The molecule has 3 aromatic rings. The van der Waals surface area contributed by atoms with Gasteiger partial charge in [-0.2, -0.15) is 0 Å². The number of carbonyl (C=O) groups is 4. The quantitative estimate of drug-likeness (QED) is 0.0540. The minimum absolute atomic E-state index is 0.0146. The van der Waals surface area contributed by atoms with E-state index in [0.717, 1.165) is 64.2 Å². The molecular formula is C47H58N4O6. The summed E-state index contributed by atoms with van der Waals surface area (Å²) in [4.78, 5) is 64.2. The van der Waals surface area contributed by atoms with Crippen LogP contribution in [-0.4, -0.2) is 58.7 Å². The summed E-state index contributed by atoms with van der Waals surface area (Å²) in [7, 11) is 1.28. The van der Waals surface area contributed by atoms with Crippen molar-refractivity contribution in [2.45, 2.75) is 106 Å². The average molecular weight is 775 g/mol. The highest BCUT2D eigenvalue weighted by Gasteiger charge is 2.47. The highest BCUT2D eigenvalue weighted by Crippen LogP contribution is 2.46. The molecule has 2 aliphatic heterocycles. The number of esters is 2. The number of Topliss-reactive ketones (excluding diaryl/α,β-unsaturated/α-hetero) is 1. The highest BCUT2D eigenvalue weighted by atomic mass is 16.5. The SMILES string of the molecule is C=Cc1c2[nH]c(c1C)/C=C1\NC(C3=C(C(=O)OC)C(=O)c4c3[nH]c(c4C)/C=c3\[nH]/c(c(C=O)c3CC)=C\2)[C@@H](CCC(=O)OC/C=C(\C)CCC[C@H](C)CCC)[C@@H]1C. The molecule has 8 bridgehead atoms. The standard InChI is InChI=1S/C47H58N4O6/c1-10-14-25(4)15-13-16-26(5)19-20-57-40(53)18-17-32-28(7)35-21-34-27(6)30(11-2)37(48-34)23-39-33(24-52)31(12-3)38(49-39)22-36-29(8)41-45(51-36)42(44(32)50-35)43(46(41)54)47(55)56-9/h11,19,21-25,28,32,44,48-51H,2,10,12-18,20H2,1,3-9H3/b26-19+,35-21-,38-22-,39-23-/t25-,28+,32+,44?/m1/s1. The number of aromatic amines is 3. The Hall–Kier alpha value is -5.38. The molecule has 3 aliphatic rings. The minimum atomic E-state index is -0.708. The molecule has 1 aliphatic carbocycles. The van der Waals surface area contributed by atoms with Gasteiger partial charge in [-0.1, -0.05) is 65.2 Å². The third-order valence-corrected chi connectivity index (χ3v) is 12.4. The number of fused-ring (bicyclic) bond motifs is 8. The molecule has 0 radical (unpaired) electrons. The fourth-order valence-electron chi connectivity index (χ4n) is 9.11. The Labute approximate surface area is 335 Å². The molecule has 57 heavy (non-hydrogen) atoms. The summed E-state index contributed by atoms with van der Waals surface area (Å²) >= 11 is 0. The summed E-state index contributed by atoms with van der Waals surface area (Å²) < 4.78 is 11.0. The summed E-state index contributed by atoms with van der Waals surface area (Å²) in [5.74, 6) is -0.986. The van der Waals surface area contributed by atoms with Gasteiger partial charge in [-0.25, -0.2) is 4.79 Å². The van der Waals surface area contributed by atoms with E-state index in [4.69, 9.17) is 9.47 Å². The molecule has 0 amide bonds. The largest absolute Gasteiger partial charge is 0.465 e. The molecular weight excluding hydrogens is 717 g/mol. The second kappa shape index (κ2) is 17.4. The lowest BCUT2D eigenvalue weighted by Gasteiger charge is -2.23. The molecule has 0 spiro atoms. The summed E-state index contributed by atoms with van der Waals surface area (Å²) in [5.41, 5.74) is 9.91. The lowest BCUT2D eigenvalue weighted by molar-refractivity contribution is -0.142. The maximum Gasteiger partial charge on any atom is 0.342 e. The Bertz CT molecular complexity index is 2320. The molecule has 4 atom stereocenters. The van der Waals surface area contributed by atoms with E-state index < -0.39 is 17.8 Å². The summed E-state index contributed by atoms with van der Waals surface area (Å²) in [5, 5.41) is 5.12. The first-order valence-corrected chi connectivity index (χ1v) is 20.5. The first-order chi connectivity index (χ1) is 27.4. The molecule has 5 heterocycles. The summed E-state index contributed by atoms with van der Waals surface area (Å²) in [6.07, 6.45) is 17.6. The van der Waals surface area contributed by atoms with Crippen LogP contribution in [0.2, 0.25) is 0 Å². The van der Waals surface area contributed by atoms with Crippen LogP contribution < -0.4 is 16.0 Å². The van der Waals surface area contributed by atoms with Crippen molar-refractivity contribution in [2.75, 3.05) is 13.7 Å². The van der Waals surface area contributed by atoms with Crippen LogP contribution in [0, 0.1) is 31.6 Å². The predicted octanol–water partition coefficient (Wildman–Crippen LogP) is 7.54. The fourth-order valence-corrected chi connectivity index (χ4v) is 9.11. The van der Waals surface area contributed by atoms with Crippen LogP contribution >= 0.6 is 0 Å². The van der Waals surface area contributed by atoms with Crippen molar-refractivity contribution in [3.63, 3.8) is 0 Å². The molecule has 10 heteroatoms. The van der Waals surface area contributed by atoms with E-state index in [1.807, 2.05) is 39.0 Å². The fraction of sp³-hybridized carbons (Fsp3) is 0.447. The van der Waals surface area contributed by atoms with Gasteiger partial charge in [-0.05, 0) is 99.3 Å². The normalized spacial score (nSPS) is 21.2. The number of aromatic nitrogens is 3. The van der Waals surface area contributed by atoms with E-state index in [0.29, 0.717) is 51.8 Å². The van der Waals surface area contributed by atoms with Crippen LogP contribution in [0.25, 0.3) is 29.9 Å². The number of H-pyrrole nitrogens is 3. The molecule has 4 N–H and O–H groups in total. The Morgan fingerprint density at radius 1 is 0.965 bits per heavy atom. The van der Waals surface area contributed by atoms with Gasteiger partial charge in [0.25, 0.3) is 0 Å². The van der Waals surface area contributed by atoms with E-state index in [9.17, 15) is 19.2 Å². The number of carbonyl (C=O) groups excluding carboxylic acids is 4. The number of rotatable bonds is 15. The number of ether oxygens (including phenoxy) is 2. The van der Waals surface area contributed by atoms with Crippen LogP contribution in [0.3, 0.4) is 0 Å². The number of hydrogen-bond donors (Lipinski definition) is 4. The van der Waals surface area contributed by atoms with Crippen molar-refractivity contribution in [1.82, 2.24) is 20.3 Å². The number of ketones is 1. The van der Waals surface area contributed by atoms with Gasteiger partial charge in [-0.3, -0.25) is 14.4 Å². The van der Waals surface area contributed by atoms with Gasteiger partial charge in [0.2, 0.25) is 5.78 Å². The number of nitrogens with one attached hydrogen (secondary N) is 4. The van der Waals surface area contributed by atoms with Crippen molar-refractivity contribution in [3.05, 3.63) is 96.4 Å². The van der Waals surface area contributed by atoms with Gasteiger partial charge in [0.1, 0.15) is 12.2 Å². The van der Waals surface area contributed by atoms with E-state index in [1.54, 1.807) is 6.08 Å². The highest BCUT2D eigenvalue weighted by molar-refractivity contribution is 6.34. The van der Waals surface area contributed by atoms with Crippen LogP contribution in [-0.2, 0) is 25.5 Å². The Morgan fingerprint density at radius 2 is 1.70 bits per heavy atom. The van der Waals surface area contributed by atoms with Gasteiger partial charge < -0.3 is 29.7 Å².